The molecule has 0 spiro atoms. The van der Waals surface area contributed by atoms with Crippen LogP contribution in [0, 0.1) is 16.0 Å². The number of rotatable bonds is 4. The molecule has 110 valence electrons. The van der Waals surface area contributed by atoms with E-state index >= 15 is 0 Å². The molecule has 2 rings (SSSR count). The van der Waals surface area contributed by atoms with Gasteiger partial charge in [-0.25, -0.2) is 4.98 Å². The van der Waals surface area contributed by atoms with Gasteiger partial charge in [0.1, 0.15) is 5.82 Å². The van der Waals surface area contributed by atoms with Crippen molar-refractivity contribution in [3.05, 3.63) is 22.2 Å². The number of nitro groups is 1. The van der Waals surface area contributed by atoms with Crippen molar-refractivity contribution in [2.45, 2.75) is 26.4 Å². The molecule has 1 aromatic heterocycles. The van der Waals surface area contributed by atoms with Crippen LogP contribution in [0.3, 0.4) is 0 Å². The minimum absolute atomic E-state index is 0.00948. The fourth-order valence-corrected chi connectivity index (χ4v) is 2.42. The molecular weight excluding hydrogens is 260 g/mol. The molecule has 1 aliphatic rings. The minimum atomic E-state index is -0.409. The first-order chi connectivity index (χ1) is 9.52. The SMILES string of the molecule is CCNc1ccc([N+](=O)[O-])c(N2CCC(O)C(C)C2)n1. The summed E-state index contributed by atoms with van der Waals surface area (Å²) in [6.07, 6.45) is 0.257. The third kappa shape index (κ3) is 2.98. The molecule has 7 heteroatoms. The van der Waals surface area contributed by atoms with E-state index in [1.807, 2.05) is 18.7 Å². The van der Waals surface area contributed by atoms with E-state index in [1.54, 1.807) is 6.07 Å². The molecule has 7 nitrogen and oxygen atoms in total. The van der Waals surface area contributed by atoms with Gasteiger partial charge in [-0.3, -0.25) is 10.1 Å². The van der Waals surface area contributed by atoms with Crippen molar-refractivity contribution < 1.29 is 10.0 Å². The van der Waals surface area contributed by atoms with Crippen LogP contribution in [0.4, 0.5) is 17.3 Å². The van der Waals surface area contributed by atoms with Crippen LogP contribution in [0.2, 0.25) is 0 Å². The maximum absolute atomic E-state index is 11.1. The summed E-state index contributed by atoms with van der Waals surface area (Å²) in [6, 6.07) is 3.10. The van der Waals surface area contributed by atoms with Crippen molar-refractivity contribution >= 4 is 17.3 Å². The molecular formula is C13H20N4O3. The van der Waals surface area contributed by atoms with E-state index in [0.29, 0.717) is 37.7 Å². The second-order valence-corrected chi connectivity index (χ2v) is 5.11. The molecule has 2 heterocycles. The van der Waals surface area contributed by atoms with Crippen molar-refractivity contribution in [3.8, 4) is 0 Å². The first-order valence-corrected chi connectivity index (χ1v) is 6.85. The van der Waals surface area contributed by atoms with E-state index in [0.717, 1.165) is 0 Å². The van der Waals surface area contributed by atoms with Gasteiger partial charge >= 0.3 is 5.69 Å². The third-order valence-corrected chi connectivity index (χ3v) is 3.57. The number of aliphatic hydroxyl groups excluding tert-OH is 1. The highest BCUT2D eigenvalue weighted by molar-refractivity contribution is 5.62. The normalized spacial score (nSPS) is 22.6. The minimum Gasteiger partial charge on any atom is -0.393 e. The molecule has 0 radical (unpaired) electrons. The lowest BCUT2D eigenvalue weighted by Gasteiger charge is -2.34. The van der Waals surface area contributed by atoms with Gasteiger partial charge in [-0.1, -0.05) is 6.92 Å². The lowest BCUT2D eigenvalue weighted by Crippen LogP contribution is -2.42. The molecule has 0 amide bonds. The maximum Gasteiger partial charge on any atom is 0.311 e. The van der Waals surface area contributed by atoms with Crippen LogP contribution in [-0.4, -0.2) is 40.8 Å². The zero-order valence-corrected chi connectivity index (χ0v) is 11.7. The molecule has 2 N–H and O–H groups in total. The molecule has 2 atom stereocenters. The number of hydrogen-bond acceptors (Lipinski definition) is 6. The Balaban J connectivity index is 2.32. The largest absolute Gasteiger partial charge is 0.393 e. The Labute approximate surface area is 117 Å². The third-order valence-electron chi connectivity index (χ3n) is 3.57. The maximum atomic E-state index is 11.1. The molecule has 0 aliphatic carbocycles. The predicted octanol–water partition coefficient (Wildman–Crippen LogP) is 1.63. The van der Waals surface area contributed by atoms with E-state index in [-0.39, 0.29) is 17.7 Å². The van der Waals surface area contributed by atoms with Gasteiger partial charge in [0.25, 0.3) is 0 Å². The number of nitrogens with one attached hydrogen (secondary N) is 1. The number of hydrogen-bond donors (Lipinski definition) is 2. The monoisotopic (exact) mass is 280 g/mol. The Morgan fingerprint density at radius 1 is 1.60 bits per heavy atom. The standard InChI is InChI=1S/C13H20N4O3/c1-3-14-12-5-4-10(17(19)20)13(15-12)16-7-6-11(18)9(2)8-16/h4-5,9,11,18H,3,6-8H2,1-2H3,(H,14,15). The smallest absolute Gasteiger partial charge is 0.311 e. The van der Waals surface area contributed by atoms with Crippen LogP contribution >= 0.6 is 0 Å². The summed E-state index contributed by atoms with van der Waals surface area (Å²) in [5.74, 6) is 1.09. The second-order valence-electron chi connectivity index (χ2n) is 5.11. The van der Waals surface area contributed by atoms with Crippen LogP contribution in [0.15, 0.2) is 12.1 Å². The molecule has 1 aliphatic heterocycles. The number of aromatic nitrogens is 1. The quantitative estimate of drug-likeness (QED) is 0.643. The van der Waals surface area contributed by atoms with Gasteiger partial charge in [0.15, 0.2) is 0 Å². The molecule has 0 aromatic carbocycles. The summed E-state index contributed by atoms with van der Waals surface area (Å²) < 4.78 is 0. The van der Waals surface area contributed by atoms with Crippen LogP contribution in [0.5, 0.6) is 0 Å². The summed E-state index contributed by atoms with van der Waals surface area (Å²) in [5, 5.41) is 24.0. The zero-order valence-electron chi connectivity index (χ0n) is 11.7. The first kappa shape index (κ1) is 14.5. The highest BCUT2D eigenvalue weighted by atomic mass is 16.6. The Morgan fingerprint density at radius 3 is 2.95 bits per heavy atom. The highest BCUT2D eigenvalue weighted by Gasteiger charge is 2.29. The summed E-state index contributed by atoms with van der Waals surface area (Å²) in [7, 11) is 0. The summed E-state index contributed by atoms with van der Waals surface area (Å²) in [4.78, 5) is 17.0. The number of aliphatic hydroxyl groups is 1. The number of anilines is 2. The van der Waals surface area contributed by atoms with Gasteiger partial charge in [-0.2, -0.15) is 0 Å². The Morgan fingerprint density at radius 2 is 2.35 bits per heavy atom. The van der Waals surface area contributed by atoms with Crippen LogP contribution in [0.25, 0.3) is 0 Å². The van der Waals surface area contributed by atoms with Gasteiger partial charge in [0, 0.05) is 25.7 Å². The molecule has 1 saturated heterocycles. The van der Waals surface area contributed by atoms with Crippen LogP contribution < -0.4 is 10.2 Å². The van der Waals surface area contributed by atoms with E-state index in [9.17, 15) is 15.2 Å². The van der Waals surface area contributed by atoms with E-state index in [4.69, 9.17) is 0 Å². The van der Waals surface area contributed by atoms with Gasteiger partial charge in [0.05, 0.1) is 11.0 Å². The second kappa shape index (κ2) is 6.04. The molecule has 20 heavy (non-hydrogen) atoms. The van der Waals surface area contributed by atoms with Crippen molar-refractivity contribution in [1.82, 2.24) is 4.98 Å². The lowest BCUT2D eigenvalue weighted by molar-refractivity contribution is -0.384. The number of nitrogens with zero attached hydrogens (tertiary/aromatic N) is 3. The van der Waals surface area contributed by atoms with Crippen LogP contribution in [0.1, 0.15) is 20.3 Å². The van der Waals surface area contributed by atoms with Gasteiger partial charge in [0.2, 0.25) is 5.82 Å². The molecule has 1 fully saturated rings. The van der Waals surface area contributed by atoms with Gasteiger partial charge in [-0.05, 0) is 25.3 Å². The summed E-state index contributed by atoms with van der Waals surface area (Å²) >= 11 is 0. The van der Waals surface area contributed by atoms with E-state index in [2.05, 4.69) is 10.3 Å². The molecule has 0 saturated carbocycles. The fraction of sp³-hybridized carbons (Fsp3) is 0.615. The Kier molecular flexibility index (Phi) is 4.39. The lowest BCUT2D eigenvalue weighted by atomic mass is 9.97. The average molecular weight is 280 g/mol. The van der Waals surface area contributed by atoms with Gasteiger partial charge in [-0.15, -0.1) is 0 Å². The number of pyridine rings is 1. The van der Waals surface area contributed by atoms with Crippen molar-refractivity contribution in [2.24, 2.45) is 5.92 Å². The average Bonchev–Trinajstić information content (AvgIpc) is 2.42. The highest BCUT2D eigenvalue weighted by Crippen LogP contribution is 2.31. The molecule has 0 bridgehead atoms. The molecule has 2 unspecified atom stereocenters. The first-order valence-electron chi connectivity index (χ1n) is 6.85. The summed E-state index contributed by atoms with van der Waals surface area (Å²) in [5.41, 5.74) is 0.00948. The van der Waals surface area contributed by atoms with E-state index < -0.39 is 4.92 Å². The van der Waals surface area contributed by atoms with E-state index in [1.165, 1.54) is 6.07 Å². The van der Waals surface area contributed by atoms with Crippen molar-refractivity contribution in [3.63, 3.8) is 0 Å². The number of piperidine rings is 1. The molecule has 1 aromatic rings. The van der Waals surface area contributed by atoms with Crippen molar-refractivity contribution in [2.75, 3.05) is 29.9 Å². The van der Waals surface area contributed by atoms with Crippen molar-refractivity contribution in [1.29, 1.82) is 0 Å². The van der Waals surface area contributed by atoms with Gasteiger partial charge < -0.3 is 15.3 Å². The predicted molar refractivity (Wildman–Crippen MR) is 77.1 cm³/mol. The Hall–Kier alpha value is -1.89. The Bertz CT molecular complexity index is 495. The topological polar surface area (TPSA) is 91.5 Å². The zero-order chi connectivity index (χ0) is 14.7. The summed E-state index contributed by atoms with van der Waals surface area (Å²) in [6.45, 7) is 5.75. The fourth-order valence-electron chi connectivity index (χ4n) is 2.42. The van der Waals surface area contributed by atoms with Crippen LogP contribution in [-0.2, 0) is 0 Å².